The Morgan fingerprint density at radius 3 is 2.69 bits per heavy atom. The van der Waals surface area contributed by atoms with Crippen molar-refractivity contribution in [3.8, 4) is 22.8 Å². The maximum Gasteiger partial charge on any atom is 0.294 e. The van der Waals surface area contributed by atoms with Crippen LogP contribution < -0.4 is 15.9 Å². The van der Waals surface area contributed by atoms with E-state index in [0.29, 0.717) is 27.7 Å². The fraction of sp³-hybridized carbons (Fsp3) is 0.100. The number of nitrogen functional groups attached to an aromatic ring is 1. The largest absolute Gasteiger partial charge is 0.497 e. The number of carbonyl (C=O) groups excluding carboxylic acids is 1. The maximum absolute atomic E-state index is 13.0. The van der Waals surface area contributed by atoms with Crippen molar-refractivity contribution in [2.45, 2.75) is 6.92 Å². The molecule has 0 radical (unpaired) electrons. The molecule has 0 aliphatic heterocycles. The number of methoxy groups -OCH3 is 1. The quantitative estimate of drug-likeness (QED) is 0.335. The van der Waals surface area contributed by atoms with E-state index in [-0.39, 0.29) is 17.3 Å². The molecule has 3 N–H and O–H groups in total. The van der Waals surface area contributed by atoms with Gasteiger partial charge in [-0.3, -0.25) is 4.79 Å². The molecule has 12 heteroatoms. The molecule has 4 aromatic rings. The third-order valence-corrected chi connectivity index (χ3v) is 4.76. The van der Waals surface area contributed by atoms with Crippen LogP contribution in [-0.2, 0) is 0 Å². The summed E-state index contributed by atoms with van der Waals surface area (Å²) in [4.78, 5) is 13.0. The van der Waals surface area contributed by atoms with E-state index < -0.39 is 5.91 Å². The summed E-state index contributed by atoms with van der Waals surface area (Å²) in [5.41, 5.74) is 10.6. The Morgan fingerprint density at radius 2 is 2.00 bits per heavy atom. The van der Waals surface area contributed by atoms with Crippen LogP contribution in [-0.4, -0.2) is 44.0 Å². The van der Waals surface area contributed by atoms with E-state index in [4.69, 9.17) is 22.1 Å². The van der Waals surface area contributed by atoms with Gasteiger partial charge in [0, 0.05) is 10.6 Å². The molecule has 0 atom stereocenters. The van der Waals surface area contributed by atoms with Gasteiger partial charge in [-0.1, -0.05) is 41.1 Å². The van der Waals surface area contributed by atoms with E-state index in [9.17, 15) is 4.79 Å². The zero-order valence-corrected chi connectivity index (χ0v) is 17.7. The van der Waals surface area contributed by atoms with Crippen molar-refractivity contribution in [3.05, 3.63) is 64.8 Å². The molecule has 1 amide bonds. The van der Waals surface area contributed by atoms with E-state index in [2.05, 4.69) is 35.8 Å². The van der Waals surface area contributed by atoms with Gasteiger partial charge < -0.3 is 10.5 Å². The van der Waals surface area contributed by atoms with Crippen LogP contribution in [0.2, 0.25) is 5.02 Å². The van der Waals surface area contributed by atoms with E-state index in [1.54, 1.807) is 55.5 Å². The van der Waals surface area contributed by atoms with Gasteiger partial charge in [0.2, 0.25) is 11.6 Å². The van der Waals surface area contributed by atoms with Crippen molar-refractivity contribution in [2.75, 3.05) is 12.8 Å². The Bertz CT molecular complexity index is 1300. The third-order valence-electron chi connectivity index (χ3n) is 4.51. The standard InChI is InChI=1S/C20H17ClN8O3/c1-11(12-6-8-14(21)9-7-12)23-25-20(30)16-17(13-4-3-5-15(10-13)31-2)29(28-24-16)19-18(22)26-32-27-19/h3-10H,1-2H3,(H2,22,26)(H,25,30)/b23-11+. The lowest BCUT2D eigenvalue weighted by Gasteiger charge is -2.08. The summed E-state index contributed by atoms with van der Waals surface area (Å²) in [6.45, 7) is 1.76. The number of hydrogen-bond donors (Lipinski definition) is 2. The zero-order chi connectivity index (χ0) is 22.7. The molecule has 0 aliphatic rings. The van der Waals surface area contributed by atoms with Crippen LogP contribution in [0.4, 0.5) is 5.82 Å². The lowest BCUT2D eigenvalue weighted by Crippen LogP contribution is -2.21. The molecule has 2 aromatic carbocycles. The molecule has 0 fully saturated rings. The molecule has 0 unspecified atom stereocenters. The Labute approximate surface area is 186 Å². The summed E-state index contributed by atoms with van der Waals surface area (Å²) < 4.78 is 11.2. The van der Waals surface area contributed by atoms with Crippen LogP contribution in [0.15, 0.2) is 58.3 Å². The van der Waals surface area contributed by atoms with Gasteiger partial charge in [0.05, 0.1) is 12.8 Å². The second kappa shape index (κ2) is 8.86. The minimum absolute atomic E-state index is 0.00620. The number of aromatic nitrogens is 5. The first kappa shape index (κ1) is 21.0. The highest BCUT2D eigenvalue weighted by molar-refractivity contribution is 6.30. The monoisotopic (exact) mass is 452 g/mol. The number of hydrogen-bond acceptors (Lipinski definition) is 9. The van der Waals surface area contributed by atoms with Gasteiger partial charge in [-0.25, -0.2) is 10.1 Å². The number of halogens is 1. The average molecular weight is 453 g/mol. The van der Waals surface area contributed by atoms with Crippen LogP contribution in [0, 0.1) is 0 Å². The van der Waals surface area contributed by atoms with Crippen LogP contribution in [0.1, 0.15) is 23.0 Å². The van der Waals surface area contributed by atoms with Crippen molar-refractivity contribution in [3.63, 3.8) is 0 Å². The molecule has 32 heavy (non-hydrogen) atoms. The Kier molecular flexibility index (Phi) is 5.81. The first-order chi connectivity index (χ1) is 15.5. The molecule has 0 saturated carbocycles. The van der Waals surface area contributed by atoms with Crippen molar-refractivity contribution in [1.29, 1.82) is 0 Å². The summed E-state index contributed by atoms with van der Waals surface area (Å²) in [6.07, 6.45) is 0. The fourth-order valence-electron chi connectivity index (χ4n) is 2.89. The summed E-state index contributed by atoms with van der Waals surface area (Å²) >= 11 is 5.92. The number of hydrazone groups is 1. The van der Waals surface area contributed by atoms with Gasteiger partial charge >= 0.3 is 0 Å². The lowest BCUT2D eigenvalue weighted by atomic mass is 10.1. The highest BCUT2D eigenvalue weighted by atomic mass is 35.5. The van der Waals surface area contributed by atoms with Gasteiger partial charge in [-0.15, -0.1) is 5.10 Å². The van der Waals surface area contributed by atoms with Crippen LogP contribution in [0.3, 0.4) is 0 Å². The van der Waals surface area contributed by atoms with Gasteiger partial charge in [0.15, 0.2) is 5.69 Å². The van der Waals surface area contributed by atoms with E-state index in [1.807, 2.05) is 0 Å². The SMILES string of the molecule is COc1cccc(-c2c(C(=O)N/N=C(\C)c3ccc(Cl)cc3)nnn2-c2nonc2N)c1. The molecule has 4 rings (SSSR count). The molecule has 0 saturated heterocycles. The zero-order valence-electron chi connectivity index (χ0n) is 17.0. The minimum atomic E-state index is -0.586. The van der Waals surface area contributed by atoms with Crippen molar-refractivity contribution >= 4 is 29.0 Å². The minimum Gasteiger partial charge on any atom is -0.497 e. The van der Waals surface area contributed by atoms with Gasteiger partial charge in [0.1, 0.15) is 11.4 Å². The van der Waals surface area contributed by atoms with Crippen molar-refractivity contribution < 1.29 is 14.2 Å². The Morgan fingerprint density at radius 1 is 1.22 bits per heavy atom. The summed E-state index contributed by atoms with van der Waals surface area (Å²) in [6, 6.07) is 14.1. The Balaban J connectivity index is 1.72. The lowest BCUT2D eigenvalue weighted by molar-refractivity contribution is 0.0950. The Hall–Kier alpha value is -4.25. The van der Waals surface area contributed by atoms with Crippen LogP contribution >= 0.6 is 11.6 Å². The first-order valence-corrected chi connectivity index (χ1v) is 9.65. The molecule has 0 aliphatic carbocycles. The molecule has 162 valence electrons. The molecule has 0 bridgehead atoms. The van der Waals surface area contributed by atoms with Gasteiger partial charge in [0.25, 0.3) is 5.91 Å². The summed E-state index contributed by atoms with van der Waals surface area (Å²) in [7, 11) is 1.54. The van der Waals surface area contributed by atoms with Crippen molar-refractivity contribution in [1.82, 2.24) is 30.7 Å². The fourth-order valence-corrected chi connectivity index (χ4v) is 3.02. The third kappa shape index (κ3) is 4.14. The topological polar surface area (TPSA) is 146 Å². The molecule has 11 nitrogen and oxygen atoms in total. The molecule has 0 spiro atoms. The van der Waals surface area contributed by atoms with E-state index in [1.165, 1.54) is 11.8 Å². The van der Waals surface area contributed by atoms with Crippen LogP contribution in [0.5, 0.6) is 5.75 Å². The highest BCUT2D eigenvalue weighted by Crippen LogP contribution is 2.29. The molecular formula is C20H17ClN8O3. The molecular weight excluding hydrogens is 436 g/mol. The predicted molar refractivity (Wildman–Crippen MR) is 117 cm³/mol. The number of rotatable bonds is 6. The van der Waals surface area contributed by atoms with Crippen LogP contribution in [0.25, 0.3) is 17.1 Å². The maximum atomic E-state index is 13.0. The number of nitrogens with zero attached hydrogens (tertiary/aromatic N) is 6. The highest BCUT2D eigenvalue weighted by Gasteiger charge is 2.25. The second-order valence-electron chi connectivity index (χ2n) is 6.55. The normalized spacial score (nSPS) is 11.4. The van der Waals surface area contributed by atoms with E-state index >= 15 is 0 Å². The number of nitrogens with two attached hydrogens (primary N) is 1. The summed E-state index contributed by atoms with van der Waals surface area (Å²) in [5.74, 6) is 0.0692. The number of anilines is 1. The first-order valence-electron chi connectivity index (χ1n) is 9.27. The smallest absolute Gasteiger partial charge is 0.294 e. The number of ether oxygens (including phenoxy) is 1. The summed E-state index contributed by atoms with van der Waals surface area (Å²) in [5, 5.41) is 20.1. The number of benzene rings is 2. The average Bonchev–Trinajstić information content (AvgIpc) is 3.43. The van der Waals surface area contributed by atoms with Crippen molar-refractivity contribution in [2.24, 2.45) is 5.10 Å². The number of nitrogens with one attached hydrogen (secondary N) is 1. The predicted octanol–water partition coefficient (Wildman–Crippen LogP) is 2.72. The van der Waals surface area contributed by atoms with E-state index in [0.717, 1.165) is 5.56 Å². The number of carbonyl (C=O) groups is 1. The molecule has 2 heterocycles. The number of amides is 1. The van der Waals surface area contributed by atoms with Gasteiger partial charge in [-0.2, -0.15) is 9.78 Å². The second-order valence-corrected chi connectivity index (χ2v) is 6.98. The molecule has 2 aromatic heterocycles. The van der Waals surface area contributed by atoms with Gasteiger partial charge in [-0.05, 0) is 47.1 Å².